The van der Waals surface area contributed by atoms with Gasteiger partial charge in [-0.3, -0.25) is 9.78 Å². The van der Waals surface area contributed by atoms with Gasteiger partial charge in [-0.2, -0.15) is 0 Å². The summed E-state index contributed by atoms with van der Waals surface area (Å²) in [6.07, 6.45) is 2.76. The molecule has 0 saturated carbocycles. The van der Waals surface area contributed by atoms with E-state index in [0.29, 0.717) is 11.3 Å². The van der Waals surface area contributed by atoms with Crippen molar-refractivity contribution >= 4 is 27.8 Å². The van der Waals surface area contributed by atoms with Crippen LogP contribution in [0.25, 0.3) is 0 Å². The van der Waals surface area contributed by atoms with Crippen LogP contribution >= 0.6 is 11.8 Å². The number of pyridine rings is 1. The summed E-state index contributed by atoms with van der Waals surface area (Å²) in [4.78, 5) is 15.5. The molecule has 2 N–H and O–H groups in total. The van der Waals surface area contributed by atoms with Gasteiger partial charge in [0.05, 0.1) is 0 Å². The van der Waals surface area contributed by atoms with Crippen molar-refractivity contribution in [1.82, 2.24) is 9.71 Å². The van der Waals surface area contributed by atoms with Crippen LogP contribution in [0, 0.1) is 0 Å². The summed E-state index contributed by atoms with van der Waals surface area (Å²) >= 11 is 1.18. The number of carboxylic acids is 1. The van der Waals surface area contributed by atoms with Crippen LogP contribution in [-0.2, 0) is 19.6 Å². The van der Waals surface area contributed by atoms with Gasteiger partial charge >= 0.3 is 5.97 Å². The fraction of sp³-hybridized carbons (Fsp3) is 0.250. The number of hydrogen-bond donors (Lipinski definition) is 2. The van der Waals surface area contributed by atoms with Gasteiger partial charge < -0.3 is 5.11 Å². The van der Waals surface area contributed by atoms with E-state index in [1.54, 1.807) is 37.3 Å². The molecule has 24 heavy (non-hydrogen) atoms. The van der Waals surface area contributed by atoms with Crippen molar-refractivity contribution in [3.05, 3.63) is 60.4 Å². The zero-order valence-corrected chi connectivity index (χ0v) is 14.7. The first kappa shape index (κ1) is 18.4. The molecule has 2 aromatic rings. The monoisotopic (exact) mass is 366 g/mol. The second-order valence-electron chi connectivity index (χ2n) is 5.14. The van der Waals surface area contributed by atoms with Crippen molar-refractivity contribution in [3.63, 3.8) is 0 Å². The molecule has 0 spiro atoms. The molecule has 1 atom stereocenters. The lowest BCUT2D eigenvalue weighted by Crippen LogP contribution is -2.32. The SMILES string of the molecule is CC(SCCNS(=O)(=O)c1cccnc1)(C(=O)O)c1ccccc1. The third kappa shape index (κ3) is 4.34. The number of benzene rings is 1. The van der Waals surface area contributed by atoms with E-state index in [1.807, 2.05) is 6.07 Å². The van der Waals surface area contributed by atoms with E-state index >= 15 is 0 Å². The lowest BCUT2D eigenvalue weighted by Gasteiger charge is -2.24. The molecule has 0 aliphatic carbocycles. The minimum atomic E-state index is -3.64. The molecule has 1 heterocycles. The molecule has 0 amide bonds. The van der Waals surface area contributed by atoms with E-state index in [1.165, 1.54) is 30.2 Å². The Hall–Kier alpha value is -1.90. The number of thioether (sulfide) groups is 1. The Kier molecular flexibility index (Phi) is 5.98. The molecule has 2 rings (SSSR count). The van der Waals surface area contributed by atoms with Crippen molar-refractivity contribution in [1.29, 1.82) is 0 Å². The summed E-state index contributed by atoms with van der Waals surface area (Å²) in [6, 6.07) is 11.9. The number of hydrogen-bond acceptors (Lipinski definition) is 5. The Balaban J connectivity index is 1.98. The van der Waals surface area contributed by atoms with Gasteiger partial charge in [-0.1, -0.05) is 30.3 Å². The highest BCUT2D eigenvalue weighted by Gasteiger charge is 2.35. The van der Waals surface area contributed by atoms with Crippen LogP contribution in [0.2, 0.25) is 0 Å². The lowest BCUT2D eigenvalue weighted by atomic mass is 10.0. The van der Waals surface area contributed by atoms with Gasteiger partial charge in [0.2, 0.25) is 10.0 Å². The average molecular weight is 366 g/mol. The predicted octanol–water partition coefficient (Wildman–Crippen LogP) is 2.09. The molecular formula is C16H18N2O4S2. The number of aromatic nitrogens is 1. The standard InChI is InChI=1S/C16H18N2O4S2/c1-16(15(19)20,13-6-3-2-4-7-13)23-11-10-18-24(21,22)14-8-5-9-17-12-14/h2-9,12,18H,10-11H2,1H3,(H,19,20). The number of rotatable bonds is 8. The average Bonchev–Trinajstić information content (AvgIpc) is 2.60. The van der Waals surface area contributed by atoms with Crippen LogP contribution in [0.15, 0.2) is 59.8 Å². The van der Waals surface area contributed by atoms with E-state index in [4.69, 9.17) is 0 Å². The van der Waals surface area contributed by atoms with E-state index in [-0.39, 0.29) is 11.4 Å². The number of carboxylic acid groups (broad SMARTS) is 1. The second-order valence-corrected chi connectivity index (χ2v) is 8.42. The summed E-state index contributed by atoms with van der Waals surface area (Å²) in [5.41, 5.74) is 0.664. The smallest absolute Gasteiger partial charge is 0.324 e. The van der Waals surface area contributed by atoms with Gasteiger partial charge in [0.25, 0.3) is 0 Å². The van der Waals surface area contributed by atoms with Crippen LogP contribution in [0.4, 0.5) is 0 Å². The molecule has 1 aromatic carbocycles. The molecule has 0 fully saturated rings. The third-order valence-corrected chi connectivity index (χ3v) is 6.30. The number of aliphatic carboxylic acids is 1. The van der Waals surface area contributed by atoms with Gasteiger partial charge in [0.1, 0.15) is 9.64 Å². The Morgan fingerprint density at radius 2 is 1.96 bits per heavy atom. The van der Waals surface area contributed by atoms with E-state index < -0.39 is 20.7 Å². The van der Waals surface area contributed by atoms with Crippen LogP contribution in [-0.4, -0.2) is 36.8 Å². The molecule has 0 radical (unpaired) electrons. The third-order valence-electron chi connectivity index (χ3n) is 3.46. The highest BCUT2D eigenvalue weighted by atomic mass is 32.2. The number of carbonyl (C=O) groups is 1. The van der Waals surface area contributed by atoms with Crippen molar-refractivity contribution in [2.24, 2.45) is 0 Å². The first-order valence-electron chi connectivity index (χ1n) is 7.19. The first-order valence-corrected chi connectivity index (χ1v) is 9.66. The second kappa shape index (κ2) is 7.78. The van der Waals surface area contributed by atoms with Gasteiger partial charge in [0, 0.05) is 24.7 Å². The molecule has 6 nitrogen and oxygen atoms in total. The van der Waals surface area contributed by atoms with Gasteiger partial charge in [-0.25, -0.2) is 13.1 Å². The zero-order chi connectivity index (χ0) is 17.6. The van der Waals surface area contributed by atoms with Gasteiger partial charge in [0.15, 0.2) is 0 Å². The number of nitrogens with zero attached hydrogens (tertiary/aromatic N) is 1. The van der Waals surface area contributed by atoms with E-state index in [9.17, 15) is 18.3 Å². The van der Waals surface area contributed by atoms with Crippen molar-refractivity contribution in [2.45, 2.75) is 16.6 Å². The molecular weight excluding hydrogens is 348 g/mol. The molecule has 8 heteroatoms. The van der Waals surface area contributed by atoms with E-state index in [2.05, 4.69) is 9.71 Å². The fourth-order valence-corrected chi connectivity index (χ4v) is 4.21. The highest BCUT2D eigenvalue weighted by Crippen LogP contribution is 2.36. The molecule has 1 unspecified atom stereocenters. The summed E-state index contributed by atoms with van der Waals surface area (Å²) in [5, 5.41) is 9.56. The lowest BCUT2D eigenvalue weighted by molar-refractivity contribution is -0.139. The maximum atomic E-state index is 12.1. The fourth-order valence-electron chi connectivity index (χ4n) is 2.05. The van der Waals surface area contributed by atoms with Gasteiger partial charge in [-0.15, -0.1) is 11.8 Å². The van der Waals surface area contributed by atoms with Crippen molar-refractivity contribution in [3.8, 4) is 0 Å². The van der Waals surface area contributed by atoms with Crippen LogP contribution < -0.4 is 4.72 Å². The maximum Gasteiger partial charge on any atom is 0.324 e. The Morgan fingerprint density at radius 1 is 1.25 bits per heavy atom. The Bertz CT molecular complexity index is 782. The summed E-state index contributed by atoms with van der Waals surface area (Å²) < 4.78 is 25.5. The topological polar surface area (TPSA) is 96.4 Å². The molecule has 0 aliphatic rings. The van der Waals surface area contributed by atoms with Crippen LogP contribution in [0.3, 0.4) is 0 Å². The van der Waals surface area contributed by atoms with Gasteiger partial charge in [-0.05, 0) is 24.6 Å². The Morgan fingerprint density at radius 3 is 2.54 bits per heavy atom. The van der Waals surface area contributed by atoms with Crippen molar-refractivity contribution in [2.75, 3.05) is 12.3 Å². The summed E-state index contributed by atoms with van der Waals surface area (Å²) in [5.74, 6) is -0.647. The highest BCUT2D eigenvalue weighted by molar-refractivity contribution is 8.01. The van der Waals surface area contributed by atoms with Crippen LogP contribution in [0.5, 0.6) is 0 Å². The number of nitrogens with one attached hydrogen (secondary N) is 1. The number of sulfonamides is 1. The Labute approximate surface area is 145 Å². The van der Waals surface area contributed by atoms with E-state index in [0.717, 1.165) is 0 Å². The minimum absolute atomic E-state index is 0.0825. The summed E-state index contributed by atoms with van der Waals surface area (Å²) in [6.45, 7) is 1.74. The first-order chi connectivity index (χ1) is 11.4. The summed E-state index contributed by atoms with van der Waals surface area (Å²) in [7, 11) is -3.64. The minimum Gasteiger partial charge on any atom is -0.480 e. The maximum absolute atomic E-state index is 12.1. The zero-order valence-electron chi connectivity index (χ0n) is 13.0. The molecule has 0 aliphatic heterocycles. The predicted molar refractivity (Wildman–Crippen MR) is 93.3 cm³/mol. The molecule has 0 saturated heterocycles. The largest absolute Gasteiger partial charge is 0.480 e. The normalized spacial score (nSPS) is 14.0. The van der Waals surface area contributed by atoms with Crippen LogP contribution in [0.1, 0.15) is 12.5 Å². The molecule has 128 valence electrons. The quantitative estimate of drug-likeness (QED) is 0.695. The molecule has 1 aromatic heterocycles. The van der Waals surface area contributed by atoms with Crippen molar-refractivity contribution < 1.29 is 18.3 Å². The molecule has 0 bridgehead atoms.